The molecular formula is C13H16Cl2F6N2. The molecule has 1 fully saturated rings. The van der Waals surface area contributed by atoms with Crippen LogP contribution in [0.3, 0.4) is 0 Å². The van der Waals surface area contributed by atoms with Gasteiger partial charge in [-0.15, -0.1) is 24.8 Å². The smallest absolute Gasteiger partial charge is 0.314 e. The maximum atomic E-state index is 13.8. The van der Waals surface area contributed by atoms with E-state index < -0.39 is 41.7 Å². The Morgan fingerprint density at radius 2 is 1.48 bits per heavy atom. The minimum absolute atomic E-state index is 0. The molecule has 0 radical (unpaired) electrons. The second-order valence-corrected chi connectivity index (χ2v) is 4.90. The summed E-state index contributed by atoms with van der Waals surface area (Å²) >= 11 is 0. The van der Waals surface area contributed by atoms with E-state index in [-0.39, 0.29) is 37.9 Å². The number of benzene rings is 1. The van der Waals surface area contributed by atoms with Gasteiger partial charge in [-0.05, 0) is 0 Å². The van der Waals surface area contributed by atoms with E-state index in [9.17, 15) is 26.3 Å². The summed E-state index contributed by atoms with van der Waals surface area (Å²) < 4.78 is 78.7. The highest BCUT2D eigenvalue weighted by Gasteiger charge is 2.38. The highest BCUT2D eigenvalue weighted by Crippen LogP contribution is 2.36. The average molecular weight is 385 g/mol. The van der Waals surface area contributed by atoms with Gasteiger partial charge in [-0.3, -0.25) is 4.90 Å². The molecule has 0 unspecified atom stereocenters. The third kappa shape index (κ3) is 6.02. The summed E-state index contributed by atoms with van der Waals surface area (Å²) in [4.78, 5) is 1.36. The molecule has 0 bridgehead atoms. The average Bonchev–Trinajstić information content (AvgIpc) is 2.36. The Balaban J connectivity index is 0.00000242. The maximum Gasteiger partial charge on any atom is 0.390 e. The normalized spacial score (nSPS) is 17.1. The molecular weight excluding hydrogens is 369 g/mol. The van der Waals surface area contributed by atoms with Gasteiger partial charge in [0.15, 0.2) is 0 Å². The zero-order chi connectivity index (χ0) is 15.6. The van der Waals surface area contributed by atoms with Crippen molar-refractivity contribution in [2.24, 2.45) is 0 Å². The van der Waals surface area contributed by atoms with E-state index in [0.29, 0.717) is 25.2 Å². The molecule has 0 aliphatic carbocycles. The van der Waals surface area contributed by atoms with Crippen molar-refractivity contribution in [1.29, 1.82) is 0 Å². The van der Waals surface area contributed by atoms with Crippen molar-refractivity contribution in [1.82, 2.24) is 10.2 Å². The van der Waals surface area contributed by atoms with Crippen LogP contribution in [0.5, 0.6) is 0 Å². The van der Waals surface area contributed by atoms with Gasteiger partial charge in [-0.1, -0.05) is 0 Å². The fourth-order valence-corrected chi connectivity index (χ4v) is 2.50. The number of piperazine rings is 1. The van der Waals surface area contributed by atoms with Gasteiger partial charge in [-0.25, -0.2) is 13.2 Å². The second kappa shape index (κ2) is 8.96. The van der Waals surface area contributed by atoms with Crippen LogP contribution >= 0.6 is 24.8 Å². The van der Waals surface area contributed by atoms with Crippen molar-refractivity contribution in [2.45, 2.75) is 18.6 Å². The van der Waals surface area contributed by atoms with Crippen LogP contribution in [0.2, 0.25) is 0 Å². The van der Waals surface area contributed by atoms with Crippen molar-refractivity contribution in [3.05, 3.63) is 35.1 Å². The van der Waals surface area contributed by atoms with Gasteiger partial charge in [-0.2, -0.15) is 13.2 Å². The molecule has 2 rings (SSSR count). The summed E-state index contributed by atoms with van der Waals surface area (Å²) in [6.45, 7) is 1.32. The van der Waals surface area contributed by atoms with Crippen molar-refractivity contribution >= 4 is 24.8 Å². The Bertz CT molecular complexity index is 483. The number of halogens is 8. The number of rotatable bonds is 3. The molecule has 1 aromatic carbocycles. The summed E-state index contributed by atoms with van der Waals surface area (Å²) in [5.41, 5.74) is -0.726. The van der Waals surface area contributed by atoms with E-state index in [1.165, 1.54) is 4.90 Å². The fourth-order valence-electron chi connectivity index (χ4n) is 2.50. The van der Waals surface area contributed by atoms with E-state index in [0.717, 1.165) is 0 Å². The standard InChI is InChI=1S/C13H14F6N2.2ClH/c14-8-5-9(15)12(10(16)6-8)11(7-13(17,18)19)21-3-1-20-2-4-21;;/h5-6,11,20H,1-4,7H2;2*1H/t11-;;/m0../s1. The van der Waals surface area contributed by atoms with Gasteiger partial charge in [0.25, 0.3) is 0 Å². The lowest BCUT2D eigenvalue weighted by Gasteiger charge is -2.35. The number of hydrogen-bond donors (Lipinski definition) is 1. The largest absolute Gasteiger partial charge is 0.390 e. The first kappa shape index (κ1) is 22.3. The first-order valence-corrected chi connectivity index (χ1v) is 6.44. The Labute approximate surface area is 142 Å². The van der Waals surface area contributed by atoms with E-state index in [1.54, 1.807) is 0 Å². The van der Waals surface area contributed by atoms with Crippen LogP contribution in [0.15, 0.2) is 12.1 Å². The Kier molecular flexibility index (Phi) is 8.69. The van der Waals surface area contributed by atoms with Crippen molar-refractivity contribution in [2.75, 3.05) is 26.2 Å². The number of nitrogens with one attached hydrogen (secondary N) is 1. The summed E-state index contributed by atoms with van der Waals surface area (Å²) in [6.07, 6.45) is -5.96. The zero-order valence-corrected chi connectivity index (χ0v) is 13.4. The van der Waals surface area contributed by atoms with Gasteiger partial charge in [0.1, 0.15) is 17.5 Å². The van der Waals surface area contributed by atoms with Crippen molar-refractivity contribution in [3.8, 4) is 0 Å². The topological polar surface area (TPSA) is 15.3 Å². The minimum Gasteiger partial charge on any atom is -0.314 e. The summed E-state index contributed by atoms with van der Waals surface area (Å²) in [5.74, 6) is -3.74. The van der Waals surface area contributed by atoms with Gasteiger partial charge < -0.3 is 5.32 Å². The van der Waals surface area contributed by atoms with E-state index in [4.69, 9.17) is 0 Å². The quantitative estimate of drug-likeness (QED) is 0.796. The molecule has 1 aliphatic rings. The molecule has 10 heteroatoms. The van der Waals surface area contributed by atoms with Crippen molar-refractivity contribution < 1.29 is 26.3 Å². The van der Waals surface area contributed by atoms with Crippen LogP contribution in [-0.2, 0) is 0 Å². The molecule has 23 heavy (non-hydrogen) atoms. The van der Waals surface area contributed by atoms with Gasteiger partial charge in [0.2, 0.25) is 0 Å². The molecule has 0 spiro atoms. The van der Waals surface area contributed by atoms with Gasteiger partial charge >= 0.3 is 6.18 Å². The van der Waals surface area contributed by atoms with Gasteiger partial charge in [0, 0.05) is 49.9 Å². The Hall–Kier alpha value is -0.700. The summed E-state index contributed by atoms with van der Waals surface area (Å²) in [7, 11) is 0. The van der Waals surface area contributed by atoms with E-state index >= 15 is 0 Å². The third-order valence-electron chi connectivity index (χ3n) is 3.39. The molecule has 1 heterocycles. The SMILES string of the molecule is Cl.Cl.Fc1cc(F)c([C@H](CC(F)(F)F)N2CCNCC2)c(F)c1. The minimum atomic E-state index is -4.58. The predicted molar refractivity (Wildman–Crippen MR) is 78.7 cm³/mol. The number of nitrogens with zero attached hydrogens (tertiary/aromatic N) is 1. The molecule has 134 valence electrons. The third-order valence-corrected chi connectivity index (χ3v) is 3.39. The first-order chi connectivity index (χ1) is 9.78. The molecule has 2 nitrogen and oxygen atoms in total. The summed E-state index contributed by atoms with van der Waals surface area (Å²) in [6, 6.07) is -0.679. The molecule has 1 N–H and O–H groups in total. The van der Waals surface area contributed by atoms with Gasteiger partial charge in [0.05, 0.1) is 6.42 Å². The van der Waals surface area contributed by atoms with Crippen molar-refractivity contribution in [3.63, 3.8) is 0 Å². The Morgan fingerprint density at radius 3 is 1.91 bits per heavy atom. The molecule has 1 atom stereocenters. The fraction of sp³-hybridized carbons (Fsp3) is 0.538. The van der Waals surface area contributed by atoms with Crippen LogP contribution in [0.1, 0.15) is 18.0 Å². The second-order valence-electron chi connectivity index (χ2n) is 4.90. The highest BCUT2D eigenvalue weighted by molar-refractivity contribution is 5.85. The highest BCUT2D eigenvalue weighted by atomic mass is 35.5. The molecule has 0 aromatic heterocycles. The molecule has 0 saturated carbocycles. The summed E-state index contributed by atoms with van der Waals surface area (Å²) in [5, 5.41) is 2.95. The molecule has 1 saturated heterocycles. The Morgan fingerprint density at radius 1 is 1.00 bits per heavy atom. The maximum absolute atomic E-state index is 13.8. The number of alkyl halides is 3. The first-order valence-electron chi connectivity index (χ1n) is 6.44. The zero-order valence-electron chi connectivity index (χ0n) is 11.8. The van der Waals surface area contributed by atoms with Crippen LogP contribution in [0.25, 0.3) is 0 Å². The van der Waals surface area contributed by atoms with E-state index in [1.807, 2.05) is 0 Å². The molecule has 1 aliphatic heterocycles. The van der Waals surface area contributed by atoms with Crippen LogP contribution < -0.4 is 5.32 Å². The molecule has 1 aromatic rings. The van der Waals surface area contributed by atoms with Crippen LogP contribution in [0, 0.1) is 17.5 Å². The van der Waals surface area contributed by atoms with E-state index in [2.05, 4.69) is 5.32 Å². The lowest BCUT2D eigenvalue weighted by atomic mass is 9.99. The lowest BCUT2D eigenvalue weighted by Crippen LogP contribution is -2.46. The predicted octanol–water partition coefficient (Wildman–Crippen LogP) is 3.85. The monoisotopic (exact) mass is 384 g/mol. The lowest BCUT2D eigenvalue weighted by molar-refractivity contribution is -0.149. The molecule has 0 amide bonds. The van der Waals surface area contributed by atoms with Crippen LogP contribution in [0.4, 0.5) is 26.3 Å². The number of hydrogen-bond acceptors (Lipinski definition) is 2. The van der Waals surface area contributed by atoms with Crippen LogP contribution in [-0.4, -0.2) is 37.3 Å².